The smallest absolute Gasteiger partial charge is 0.345 e. The first-order valence-corrected chi connectivity index (χ1v) is 7.08. The van der Waals surface area contributed by atoms with Crippen molar-refractivity contribution in [3.05, 3.63) is 69.2 Å². The number of nitrogens with zero attached hydrogens (tertiary/aromatic N) is 2. The molecule has 0 amide bonds. The second-order valence-electron chi connectivity index (χ2n) is 4.37. The second-order valence-corrected chi connectivity index (χ2v) is 5.21. The molecule has 2 aromatic rings. The molecule has 0 radical (unpaired) electrons. The summed E-state index contributed by atoms with van der Waals surface area (Å²) in [6.07, 6.45) is 1.40. The molecule has 0 saturated carbocycles. The van der Waals surface area contributed by atoms with Gasteiger partial charge in [0.15, 0.2) is 0 Å². The van der Waals surface area contributed by atoms with Crippen LogP contribution in [0.2, 0.25) is 10.0 Å². The van der Waals surface area contributed by atoms with Crippen LogP contribution in [0.15, 0.2) is 48.0 Å². The van der Waals surface area contributed by atoms with E-state index in [0.29, 0.717) is 10.6 Å². The molecule has 2 rings (SSSR count). The maximum Gasteiger partial charge on any atom is 0.345 e. The summed E-state index contributed by atoms with van der Waals surface area (Å²) in [6.45, 7) is 0. The molecule has 0 aliphatic rings. The molecule has 0 saturated heterocycles. The number of nitriles is 2. The van der Waals surface area contributed by atoms with Crippen molar-refractivity contribution in [3.8, 4) is 17.9 Å². The zero-order chi connectivity index (χ0) is 16.8. The molecular weight excluding hydrogens is 335 g/mol. The van der Waals surface area contributed by atoms with Gasteiger partial charge >= 0.3 is 5.97 Å². The summed E-state index contributed by atoms with van der Waals surface area (Å²) in [6, 6.07) is 14.4. The highest BCUT2D eigenvalue weighted by atomic mass is 35.5. The molecule has 0 spiro atoms. The standard InChI is InChI=1S/C17H8Cl2N2O2/c18-13-4-5-15(16(19)8-13)17(22)23-14-3-1-2-11(7-14)6-12(9-20)10-21/h1-8H. The van der Waals surface area contributed by atoms with Gasteiger partial charge in [-0.25, -0.2) is 4.79 Å². The topological polar surface area (TPSA) is 73.9 Å². The van der Waals surface area contributed by atoms with Crippen molar-refractivity contribution in [2.75, 3.05) is 0 Å². The van der Waals surface area contributed by atoms with E-state index in [2.05, 4.69) is 0 Å². The Labute approximate surface area is 142 Å². The lowest BCUT2D eigenvalue weighted by Crippen LogP contribution is -2.09. The Hall–Kier alpha value is -2.79. The summed E-state index contributed by atoms with van der Waals surface area (Å²) in [5, 5.41) is 18.1. The van der Waals surface area contributed by atoms with Crippen LogP contribution >= 0.6 is 23.2 Å². The molecule has 0 fully saturated rings. The van der Waals surface area contributed by atoms with Crippen LogP contribution < -0.4 is 4.74 Å². The van der Waals surface area contributed by atoms with Crippen molar-refractivity contribution >= 4 is 35.2 Å². The van der Waals surface area contributed by atoms with Gasteiger partial charge in [0.05, 0.1) is 10.6 Å². The van der Waals surface area contributed by atoms with E-state index in [-0.39, 0.29) is 21.9 Å². The third-order valence-electron chi connectivity index (χ3n) is 2.77. The Morgan fingerprint density at radius 3 is 2.48 bits per heavy atom. The van der Waals surface area contributed by atoms with Gasteiger partial charge in [0.1, 0.15) is 23.5 Å². The maximum atomic E-state index is 12.1. The molecule has 0 heterocycles. The number of ether oxygens (including phenoxy) is 1. The third kappa shape index (κ3) is 4.34. The second kappa shape index (κ2) is 7.47. The van der Waals surface area contributed by atoms with E-state index in [9.17, 15) is 4.79 Å². The third-order valence-corrected chi connectivity index (χ3v) is 3.32. The van der Waals surface area contributed by atoms with Crippen LogP contribution in [0.3, 0.4) is 0 Å². The van der Waals surface area contributed by atoms with Crippen LogP contribution in [0.25, 0.3) is 6.08 Å². The number of esters is 1. The minimum absolute atomic E-state index is 0.0470. The minimum atomic E-state index is -0.631. The Morgan fingerprint density at radius 1 is 1.09 bits per heavy atom. The number of carbonyl (C=O) groups is 1. The average molecular weight is 343 g/mol. The number of benzene rings is 2. The van der Waals surface area contributed by atoms with Crippen molar-refractivity contribution in [2.45, 2.75) is 0 Å². The summed E-state index contributed by atoms with van der Waals surface area (Å²) in [4.78, 5) is 12.1. The van der Waals surface area contributed by atoms with Gasteiger partial charge in [-0.05, 0) is 42.0 Å². The highest BCUT2D eigenvalue weighted by Gasteiger charge is 2.13. The summed E-state index contributed by atoms with van der Waals surface area (Å²) >= 11 is 11.7. The van der Waals surface area contributed by atoms with Crippen molar-refractivity contribution in [3.63, 3.8) is 0 Å². The van der Waals surface area contributed by atoms with E-state index >= 15 is 0 Å². The summed E-state index contributed by atoms with van der Waals surface area (Å²) in [5.41, 5.74) is 0.705. The predicted molar refractivity (Wildman–Crippen MR) is 87.1 cm³/mol. The molecule has 0 N–H and O–H groups in total. The van der Waals surface area contributed by atoms with Gasteiger partial charge in [0.2, 0.25) is 0 Å². The van der Waals surface area contributed by atoms with Gasteiger partial charge < -0.3 is 4.74 Å². The van der Waals surface area contributed by atoms with Gasteiger partial charge in [-0.1, -0.05) is 35.3 Å². The van der Waals surface area contributed by atoms with E-state index in [1.54, 1.807) is 30.3 Å². The van der Waals surface area contributed by atoms with Crippen LogP contribution in [0.4, 0.5) is 0 Å². The first-order chi connectivity index (χ1) is 11.0. The summed E-state index contributed by atoms with van der Waals surface area (Å²) in [5.74, 6) is -0.362. The van der Waals surface area contributed by atoms with E-state index in [0.717, 1.165) is 0 Å². The molecule has 0 aliphatic heterocycles. The van der Waals surface area contributed by atoms with E-state index < -0.39 is 5.97 Å². The number of hydrogen-bond donors (Lipinski definition) is 0. The lowest BCUT2D eigenvalue weighted by Gasteiger charge is -2.06. The lowest BCUT2D eigenvalue weighted by molar-refractivity contribution is 0.0735. The molecule has 112 valence electrons. The van der Waals surface area contributed by atoms with Crippen LogP contribution in [-0.2, 0) is 0 Å². The number of rotatable bonds is 3. The van der Waals surface area contributed by atoms with Crippen LogP contribution in [0.5, 0.6) is 5.75 Å². The number of allylic oxidation sites excluding steroid dienone is 1. The van der Waals surface area contributed by atoms with Crippen molar-refractivity contribution in [2.24, 2.45) is 0 Å². The molecule has 0 aromatic heterocycles. The van der Waals surface area contributed by atoms with Crippen molar-refractivity contribution in [1.29, 1.82) is 10.5 Å². The highest BCUT2D eigenvalue weighted by molar-refractivity contribution is 6.36. The fourth-order valence-corrected chi connectivity index (χ4v) is 2.23. The number of hydrogen-bond acceptors (Lipinski definition) is 4. The van der Waals surface area contributed by atoms with Gasteiger partial charge in [-0.3, -0.25) is 0 Å². The molecule has 4 nitrogen and oxygen atoms in total. The Morgan fingerprint density at radius 2 is 1.83 bits per heavy atom. The largest absolute Gasteiger partial charge is 0.423 e. The Balaban J connectivity index is 2.24. The Kier molecular flexibility index (Phi) is 5.38. The lowest BCUT2D eigenvalue weighted by atomic mass is 10.1. The molecule has 0 unspecified atom stereocenters. The molecule has 0 bridgehead atoms. The molecule has 0 aliphatic carbocycles. The molecule has 2 aromatic carbocycles. The number of halogens is 2. The fourth-order valence-electron chi connectivity index (χ4n) is 1.74. The van der Waals surface area contributed by atoms with E-state index in [4.69, 9.17) is 38.5 Å². The van der Waals surface area contributed by atoms with Gasteiger partial charge in [-0.15, -0.1) is 0 Å². The minimum Gasteiger partial charge on any atom is -0.423 e. The van der Waals surface area contributed by atoms with E-state index in [1.165, 1.54) is 30.3 Å². The van der Waals surface area contributed by atoms with Gasteiger partial charge in [0, 0.05) is 5.02 Å². The summed E-state index contributed by atoms with van der Waals surface area (Å²) in [7, 11) is 0. The SMILES string of the molecule is N#CC(C#N)=Cc1cccc(OC(=O)c2ccc(Cl)cc2Cl)c1. The zero-order valence-electron chi connectivity index (χ0n) is 11.6. The van der Waals surface area contributed by atoms with Crippen molar-refractivity contribution < 1.29 is 9.53 Å². The first-order valence-electron chi connectivity index (χ1n) is 6.32. The van der Waals surface area contributed by atoms with Gasteiger partial charge in [-0.2, -0.15) is 10.5 Å². The molecule has 23 heavy (non-hydrogen) atoms. The van der Waals surface area contributed by atoms with Crippen LogP contribution in [0.1, 0.15) is 15.9 Å². The maximum absolute atomic E-state index is 12.1. The summed E-state index contributed by atoms with van der Waals surface area (Å²) < 4.78 is 5.25. The monoisotopic (exact) mass is 342 g/mol. The number of carbonyl (C=O) groups excluding carboxylic acids is 1. The normalized spacial score (nSPS) is 9.39. The van der Waals surface area contributed by atoms with Crippen LogP contribution in [0, 0.1) is 22.7 Å². The quantitative estimate of drug-likeness (QED) is 0.462. The predicted octanol–water partition coefficient (Wildman–Crippen LogP) is 4.64. The first kappa shape index (κ1) is 16.6. The average Bonchev–Trinajstić information content (AvgIpc) is 2.52. The fraction of sp³-hybridized carbons (Fsp3) is 0. The Bertz CT molecular complexity index is 861. The molecule has 0 atom stereocenters. The van der Waals surface area contributed by atoms with E-state index in [1.807, 2.05) is 0 Å². The highest BCUT2D eigenvalue weighted by Crippen LogP contribution is 2.23. The molecule has 6 heteroatoms. The molecular formula is C17H8Cl2N2O2. The van der Waals surface area contributed by atoms with Crippen molar-refractivity contribution in [1.82, 2.24) is 0 Å². The zero-order valence-corrected chi connectivity index (χ0v) is 13.1. The van der Waals surface area contributed by atoms with Crippen LogP contribution in [-0.4, -0.2) is 5.97 Å². The van der Waals surface area contributed by atoms with Gasteiger partial charge in [0.25, 0.3) is 0 Å².